The fourth-order valence-corrected chi connectivity index (χ4v) is 4.56. The first-order chi connectivity index (χ1) is 18.0. The highest BCUT2D eigenvalue weighted by molar-refractivity contribution is 6.04. The molecule has 0 unspecified atom stereocenters. The largest absolute Gasteiger partial charge is 0.444 e. The van der Waals surface area contributed by atoms with Gasteiger partial charge < -0.3 is 14.5 Å². The Bertz CT molecular complexity index is 1270. The van der Waals surface area contributed by atoms with Gasteiger partial charge in [-0.15, -0.1) is 0 Å². The summed E-state index contributed by atoms with van der Waals surface area (Å²) in [5.41, 5.74) is 4.75. The van der Waals surface area contributed by atoms with Crippen molar-refractivity contribution in [3.05, 3.63) is 77.9 Å². The normalized spacial score (nSPS) is 16.3. The van der Waals surface area contributed by atoms with Crippen LogP contribution in [0.4, 0.5) is 10.5 Å². The van der Waals surface area contributed by atoms with Crippen LogP contribution in [-0.4, -0.2) is 70.1 Å². The van der Waals surface area contributed by atoms with Crippen molar-refractivity contribution < 1.29 is 14.3 Å². The van der Waals surface area contributed by atoms with Gasteiger partial charge in [0.1, 0.15) is 11.3 Å². The summed E-state index contributed by atoms with van der Waals surface area (Å²) in [6.45, 7) is 12.6. The minimum Gasteiger partial charge on any atom is -0.444 e. The summed E-state index contributed by atoms with van der Waals surface area (Å²) in [6.07, 6.45) is 3.24. The van der Waals surface area contributed by atoms with Gasteiger partial charge in [-0.25, -0.2) is 4.79 Å². The van der Waals surface area contributed by atoms with Crippen molar-refractivity contribution >= 4 is 17.7 Å². The first-order valence-electron chi connectivity index (χ1n) is 13.0. The molecule has 0 radical (unpaired) electrons. The highest BCUT2D eigenvalue weighted by atomic mass is 16.6. The SMILES string of the molecule is Cc1cc(-c2ccc(C(=O)N(C)c3ccc(CN4CCN(C(=O)OC(C)(C)C)[C@@H](C)C4)cc3)nc2)ccn1. The van der Waals surface area contributed by atoms with E-state index in [2.05, 4.69) is 21.8 Å². The Kier molecular flexibility index (Phi) is 8.11. The molecule has 0 aliphatic carbocycles. The summed E-state index contributed by atoms with van der Waals surface area (Å²) >= 11 is 0. The molecule has 2 amide bonds. The van der Waals surface area contributed by atoms with E-state index in [1.165, 1.54) is 0 Å². The predicted molar refractivity (Wildman–Crippen MR) is 149 cm³/mol. The first-order valence-corrected chi connectivity index (χ1v) is 13.0. The quantitative estimate of drug-likeness (QED) is 0.467. The zero-order valence-corrected chi connectivity index (χ0v) is 23.1. The van der Waals surface area contributed by atoms with E-state index in [9.17, 15) is 9.59 Å². The van der Waals surface area contributed by atoms with Gasteiger partial charge in [-0.2, -0.15) is 0 Å². The second-order valence-electron chi connectivity index (χ2n) is 10.9. The van der Waals surface area contributed by atoms with E-state index in [4.69, 9.17) is 4.74 Å². The Balaban J connectivity index is 1.33. The highest BCUT2D eigenvalue weighted by Crippen LogP contribution is 2.22. The van der Waals surface area contributed by atoms with Gasteiger partial charge in [-0.3, -0.25) is 19.7 Å². The molecule has 200 valence electrons. The number of hydrogen-bond acceptors (Lipinski definition) is 6. The monoisotopic (exact) mass is 515 g/mol. The van der Waals surface area contributed by atoms with Crippen LogP contribution in [0.3, 0.4) is 0 Å². The molecule has 38 heavy (non-hydrogen) atoms. The third-order valence-corrected chi connectivity index (χ3v) is 6.59. The summed E-state index contributed by atoms with van der Waals surface area (Å²) in [5, 5.41) is 0. The third-order valence-electron chi connectivity index (χ3n) is 6.59. The van der Waals surface area contributed by atoms with Crippen molar-refractivity contribution in [3.63, 3.8) is 0 Å². The van der Waals surface area contributed by atoms with E-state index < -0.39 is 5.60 Å². The highest BCUT2D eigenvalue weighted by Gasteiger charge is 2.30. The lowest BCUT2D eigenvalue weighted by Gasteiger charge is -2.40. The Morgan fingerprint density at radius 3 is 2.37 bits per heavy atom. The number of anilines is 1. The molecule has 0 bridgehead atoms. The standard InChI is InChI=1S/C30H37N5O3/c1-21-17-24(13-14-31-21)25-9-12-27(32-18-25)28(36)33(6)26-10-7-23(8-11-26)20-34-15-16-35(22(2)19-34)29(37)38-30(3,4)5/h7-14,17-18,22H,15-16,19-20H2,1-6H3/t22-/m0/s1. The van der Waals surface area contributed by atoms with Crippen LogP contribution in [0.1, 0.15) is 49.4 Å². The Labute approximate surface area is 225 Å². The number of carbonyl (C=O) groups is 2. The molecule has 1 aromatic carbocycles. The van der Waals surface area contributed by atoms with Crippen molar-refractivity contribution in [2.24, 2.45) is 0 Å². The maximum Gasteiger partial charge on any atom is 0.410 e. The number of amides is 2. The maximum atomic E-state index is 13.1. The van der Waals surface area contributed by atoms with Crippen molar-refractivity contribution in [3.8, 4) is 11.1 Å². The molecule has 3 heterocycles. The van der Waals surface area contributed by atoms with E-state index in [1.807, 2.05) is 75.1 Å². The smallest absolute Gasteiger partial charge is 0.410 e. The van der Waals surface area contributed by atoms with Gasteiger partial charge in [0.15, 0.2) is 0 Å². The molecule has 0 spiro atoms. The minimum atomic E-state index is -0.497. The van der Waals surface area contributed by atoms with Gasteiger partial charge in [0.25, 0.3) is 5.91 Å². The summed E-state index contributed by atoms with van der Waals surface area (Å²) in [4.78, 5) is 40.0. The maximum absolute atomic E-state index is 13.1. The molecule has 1 atom stereocenters. The molecule has 8 nitrogen and oxygen atoms in total. The number of carbonyl (C=O) groups excluding carboxylic acids is 2. The molecule has 1 saturated heterocycles. The molecule has 0 saturated carbocycles. The predicted octanol–water partition coefficient (Wildman–Crippen LogP) is 5.17. The van der Waals surface area contributed by atoms with Gasteiger partial charge in [0.05, 0.1) is 0 Å². The van der Waals surface area contributed by atoms with Gasteiger partial charge in [0.2, 0.25) is 0 Å². The van der Waals surface area contributed by atoms with Crippen LogP contribution >= 0.6 is 0 Å². The fraction of sp³-hybridized carbons (Fsp3) is 0.400. The summed E-state index contributed by atoms with van der Waals surface area (Å²) < 4.78 is 5.55. The molecule has 1 aliphatic heterocycles. The lowest BCUT2D eigenvalue weighted by atomic mass is 10.1. The average Bonchev–Trinajstić information content (AvgIpc) is 2.87. The zero-order valence-electron chi connectivity index (χ0n) is 23.1. The number of benzene rings is 1. The van der Waals surface area contributed by atoms with Crippen molar-refractivity contribution in [2.45, 2.75) is 52.8 Å². The second-order valence-corrected chi connectivity index (χ2v) is 10.9. The van der Waals surface area contributed by atoms with Crippen molar-refractivity contribution in [1.82, 2.24) is 19.8 Å². The second kappa shape index (κ2) is 11.3. The van der Waals surface area contributed by atoms with Gasteiger partial charge in [0, 0.05) is 68.6 Å². The van der Waals surface area contributed by atoms with E-state index in [1.54, 1.807) is 30.4 Å². The lowest BCUT2D eigenvalue weighted by molar-refractivity contribution is 0.000551. The molecule has 1 aliphatic rings. The van der Waals surface area contributed by atoms with E-state index in [-0.39, 0.29) is 18.0 Å². The molecule has 4 rings (SSSR count). The van der Waals surface area contributed by atoms with E-state index in [0.717, 1.165) is 47.7 Å². The van der Waals surface area contributed by atoms with Crippen LogP contribution in [-0.2, 0) is 11.3 Å². The van der Waals surface area contributed by atoms with Gasteiger partial charge in [-0.1, -0.05) is 18.2 Å². The van der Waals surface area contributed by atoms with Crippen LogP contribution in [0.25, 0.3) is 11.1 Å². The molecule has 3 aromatic rings. The number of pyridine rings is 2. The third kappa shape index (κ3) is 6.75. The van der Waals surface area contributed by atoms with Gasteiger partial charge >= 0.3 is 6.09 Å². The molecular formula is C30H37N5O3. The lowest BCUT2D eigenvalue weighted by Crippen LogP contribution is -2.54. The van der Waals surface area contributed by atoms with E-state index in [0.29, 0.717) is 12.2 Å². The number of aryl methyl sites for hydroxylation is 1. The van der Waals surface area contributed by atoms with Crippen LogP contribution in [0.15, 0.2) is 60.9 Å². The fourth-order valence-electron chi connectivity index (χ4n) is 4.56. The number of rotatable bonds is 5. The summed E-state index contributed by atoms with van der Waals surface area (Å²) in [7, 11) is 1.76. The van der Waals surface area contributed by atoms with Crippen LogP contribution in [0.2, 0.25) is 0 Å². The topological polar surface area (TPSA) is 78.9 Å². The Morgan fingerprint density at radius 2 is 1.76 bits per heavy atom. The molecule has 1 fully saturated rings. The molecular weight excluding hydrogens is 478 g/mol. The first kappa shape index (κ1) is 27.3. The van der Waals surface area contributed by atoms with Gasteiger partial charge in [-0.05, 0) is 76.1 Å². The number of ether oxygens (including phenoxy) is 1. The van der Waals surface area contributed by atoms with Crippen LogP contribution < -0.4 is 4.90 Å². The van der Waals surface area contributed by atoms with Crippen molar-refractivity contribution in [1.29, 1.82) is 0 Å². The van der Waals surface area contributed by atoms with Crippen LogP contribution in [0.5, 0.6) is 0 Å². The summed E-state index contributed by atoms with van der Waals surface area (Å²) in [5.74, 6) is -0.165. The summed E-state index contributed by atoms with van der Waals surface area (Å²) in [6, 6.07) is 15.7. The van der Waals surface area contributed by atoms with Crippen molar-refractivity contribution in [2.75, 3.05) is 31.6 Å². The zero-order chi connectivity index (χ0) is 27.4. The number of nitrogens with zero attached hydrogens (tertiary/aromatic N) is 5. The average molecular weight is 516 g/mol. The Morgan fingerprint density at radius 1 is 1.03 bits per heavy atom. The minimum absolute atomic E-state index is 0.0723. The number of aromatic nitrogens is 2. The van der Waals surface area contributed by atoms with E-state index >= 15 is 0 Å². The number of hydrogen-bond donors (Lipinski definition) is 0. The number of piperazine rings is 1. The van der Waals surface area contributed by atoms with Crippen LogP contribution in [0, 0.1) is 6.92 Å². The molecule has 0 N–H and O–H groups in total. The Hall–Kier alpha value is -3.78. The molecule has 8 heteroatoms. The molecule has 2 aromatic heterocycles.